The monoisotopic (exact) mass is 490 g/mol. The van der Waals surface area contributed by atoms with Crippen LogP contribution in [0.15, 0.2) is 24.3 Å². The number of halogens is 5. The van der Waals surface area contributed by atoms with Gasteiger partial charge in [0.15, 0.2) is 0 Å². The number of nitrogens with zero attached hydrogens (tertiary/aromatic N) is 1. The number of carbonyl (C=O) groups excluding carboxylic acids is 1. The molecule has 1 heterocycles. The summed E-state index contributed by atoms with van der Waals surface area (Å²) >= 11 is 12.8. The van der Waals surface area contributed by atoms with Crippen LogP contribution in [0.3, 0.4) is 0 Å². The zero-order valence-corrected chi connectivity index (χ0v) is 19.6. The van der Waals surface area contributed by atoms with Crippen molar-refractivity contribution < 1.29 is 27.8 Å². The summed E-state index contributed by atoms with van der Waals surface area (Å²) in [6.07, 6.45) is -5.87. The molecule has 0 spiro atoms. The van der Waals surface area contributed by atoms with Gasteiger partial charge in [0.1, 0.15) is 11.7 Å². The number of aliphatic hydroxyl groups excluding tert-OH is 1. The van der Waals surface area contributed by atoms with Crippen LogP contribution in [0.5, 0.6) is 0 Å². The topological polar surface area (TPSA) is 61.8 Å². The van der Waals surface area contributed by atoms with Crippen LogP contribution >= 0.6 is 23.2 Å². The normalized spacial score (nSPS) is 17.3. The number of carbonyl (C=O) groups is 1. The first-order chi connectivity index (χ1) is 14.6. The molecule has 0 radical (unpaired) electrons. The Morgan fingerprint density at radius 1 is 1.22 bits per heavy atom. The van der Waals surface area contributed by atoms with Gasteiger partial charge in [0.25, 0.3) is 0 Å². The van der Waals surface area contributed by atoms with Crippen LogP contribution in [-0.4, -0.2) is 23.7 Å². The van der Waals surface area contributed by atoms with Gasteiger partial charge >= 0.3 is 12.1 Å². The van der Waals surface area contributed by atoms with Crippen molar-refractivity contribution in [1.29, 1.82) is 0 Å². The molecular formula is C22H23Cl2F3N2O3. The Hall–Kier alpha value is -2.00. The third-order valence-corrected chi connectivity index (χ3v) is 5.79. The summed E-state index contributed by atoms with van der Waals surface area (Å²) in [6.45, 7) is 6.65. The maximum Gasteiger partial charge on any atom is 0.416 e. The highest BCUT2D eigenvalue weighted by molar-refractivity contribution is 6.38. The van der Waals surface area contributed by atoms with E-state index in [1.54, 1.807) is 27.8 Å². The van der Waals surface area contributed by atoms with E-state index in [-0.39, 0.29) is 26.9 Å². The number of ether oxygens (including phenoxy) is 1. The summed E-state index contributed by atoms with van der Waals surface area (Å²) in [5.74, 6) is -0.685. The minimum absolute atomic E-state index is 0.0238. The van der Waals surface area contributed by atoms with Gasteiger partial charge in [0, 0.05) is 23.2 Å². The summed E-state index contributed by atoms with van der Waals surface area (Å²) in [5.41, 5.74) is 2.60. The smallest absolute Gasteiger partial charge is 0.416 e. The number of alkyl halides is 3. The fourth-order valence-electron chi connectivity index (χ4n) is 3.69. The lowest BCUT2D eigenvalue weighted by Crippen LogP contribution is -2.33. The molecule has 2 atom stereocenters. The molecule has 0 aromatic heterocycles. The quantitative estimate of drug-likeness (QED) is 0.516. The standard InChI is InChI=1S/C22H23Cl2F3N2O3/c1-10-8-11(22(25,26)27)9-14-15(10)18(28-29(14)5)19(30)16-13(23)7-6-12(17(16)24)20(31)32-21(2,3)4/h6-9,18-19,28,30H,1-5H3. The number of aliphatic hydroxyl groups is 1. The van der Waals surface area contributed by atoms with Crippen molar-refractivity contribution in [3.63, 3.8) is 0 Å². The summed E-state index contributed by atoms with van der Waals surface area (Å²) in [4.78, 5) is 12.6. The van der Waals surface area contributed by atoms with Gasteiger partial charge in [-0.1, -0.05) is 23.2 Å². The van der Waals surface area contributed by atoms with E-state index in [2.05, 4.69) is 5.43 Å². The van der Waals surface area contributed by atoms with Gasteiger partial charge in [-0.2, -0.15) is 13.2 Å². The lowest BCUT2D eigenvalue weighted by Gasteiger charge is -2.25. The first-order valence-corrected chi connectivity index (χ1v) is 10.5. The maximum absolute atomic E-state index is 13.3. The highest BCUT2D eigenvalue weighted by Gasteiger charge is 2.39. The molecule has 0 fully saturated rings. The second-order valence-corrected chi connectivity index (χ2v) is 9.44. The van der Waals surface area contributed by atoms with Crippen LogP contribution in [0, 0.1) is 6.92 Å². The molecule has 10 heteroatoms. The van der Waals surface area contributed by atoms with Crippen molar-refractivity contribution >= 4 is 34.9 Å². The van der Waals surface area contributed by atoms with Gasteiger partial charge in [-0.15, -0.1) is 0 Å². The number of nitrogens with one attached hydrogen (secondary N) is 1. The fourth-order valence-corrected chi connectivity index (χ4v) is 4.37. The molecule has 2 unspecified atom stereocenters. The van der Waals surface area contributed by atoms with Crippen LogP contribution in [0.25, 0.3) is 0 Å². The highest BCUT2D eigenvalue weighted by atomic mass is 35.5. The number of hydrazine groups is 1. The molecule has 32 heavy (non-hydrogen) atoms. The third kappa shape index (κ3) is 4.69. The van der Waals surface area contributed by atoms with Gasteiger partial charge < -0.3 is 14.9 Å². The molecular weight excluding hydrogens is 468 g/mol. The predicted molar refractivity (Wildman–Crippen MR) is 117 cm³/mol. The van der Waals surface area contributed by atoms with E-state index in [4.69, 9.17) is 27.9 Å². The minimum atomic E-state index is -4.51. The van der Waals surface area contributed by atoms with Gasteiger partial charge in [0.05, 0.1) is 27.9 Å². The highest BCUT2D eigenvalue weighted by Crippen LogP contribution is 2.47. The molecule has 0 saturated heterocycles. The Kier molecular flexibility index (Phi) is 6.47. The summed E-state index contributed by atoms with van der Waals surface area (Å²) < 4.78 is 45.1. The van der Waals surface area contributed by atoms with Gasteiger partial charge in [-0.3, -0.25) is 0 Å². The van der Waals surface area contributed by atoms with Crippen molar-refractivity contribution in [1.82, 2.24) is 5.43 Å². The molecule has 0 aliphatic carbocycles. The Balaban J connectivity index is 2.06. The predicted octanol–water partition coefficient (Wildman–Crippen LogP) is 6.01. The Bertz CT molecular complexity index is 1070. The largest absolute Gasteiger partial charge is 0.456 e. The number of benzene rings is 2. The Labute approximate surface area is 194 Å². The van der Waals surface area contributed by atoms with Crippen molar-refractivity contribution in [3.05, 3.63) is 62.1 Å². The molecule has 0 bridgehead atoms. The first-order valence-electron chi connectivity index (χ1n) is 9.72. The van der Waals surface area contributed by atoms with E-state index in [0.717, 1.165) is 12.1 Å². The van der Waals surface area contributed by atoms with E-state index in [0.29, 0.717) is 11.1 Å². The Morgan fingerprint density at radius 3 is 2.41 bits per heavy atom. The van der Waals surface area contributed by atoms with E-state index in [1.807, 2.05) is 0 Å². The number of esters is 1. The summed E-state index contributed by atoms with van der Waals surface area (Å²) in [5, 5.41) is 12.6. The van der Waals surface area contributed by atoms with E-state index >= 15 is 0 Å². The molecule has 1 aliphatic heterocycles. The van der Waals surface area contributed by atoms with Crippen LogP contribution in [0.2, 0.25) is 10.0 Å². The van der Waals surface area contributed by atoms with Crippen molar-refractivity contribution in [2.24, 2.45) is 0 Å². The second-order valence-electron chi connectivity index (χ2n) is 8.66. The van der Waals surface area contributed by atoms with Gasteiger partial charge in [-0.05, 0) is 57.5 Å². The second kappa shape index (κ2) is 8.41. The van der Waals surface area contributed by atoms with Crippen LogP contribution in [0.1, 0.15) is 65.5 Å². The molecule has 1 aliphatic rings. The first kappa shape index (κ1) is 24.6. The number of hydrogen-bond acceptors (Lipinski definition) is 5. The molecule has 5 nitrogen and oxygen atoms in total. The number of hydrogen-bond donors (Lipinski definition) is 2. The van der Waals surface area contributed by atoms with Crippen molar-refractivity contribution in [3.8, 4) is 0 Å². The molecule has 2 aromatic rings. The molecule has 0 amide bonds. The molecule has 0 saturated carbocycles. The summed E-state index contributed by atoms with van der Waals surface area (Å²) in [7, 11) is 1.55. The van der Waals surface area contributed by atoms with E-state index < -0.39 is 35.5 Å². The van der Waals surface area contributed by atoms with E-state index in [9.17, 15) is 23.1 Å². The minimum Gasteiger partial charge on any atom is -0.456 e. The van der Waals surface area contributed by atoms with Crippen LogP contribution in [0.4, 0.5) is 18.9 Å². The van der Waals surface area contributed by atoms with Gasteiger partial charge in [-0.25, -0.2) is 10.2 Å². The third-order valence-electron chi connectivity index (χ3n) is 5.05. The average Bonchev–Trinajstić information content (AvgIpc) is 2.97. The fraction of sp³-hybridized carbons (Fsp3) is 0.409. The van der Waals surface area contributed by atoms with E-state index in [1.165, 1.54) is 24.1 Å². The SMILES string of the molecule is Cc1cc(C(F)(F)F)cc2c1C(C(O)c1c(Cl)ccc(C(=O)OC(C)(C)C)c1Cl)NN2C. The van der Waals surface area contributed by atoms with Gasteiger partial charge in [0.2, 0.25) is 0 Å². The lowest BCUT2D eigenvalue weighted by atomic mass is 9.91. The lowest BCUT2D eigenvalue weighted by molar-refractivity contribution is -0.137. The zero-order chi connectivity index (χ0) is 24.2. The molecule has 2 aromatic carbocycles. The molecule has 174 valence electrons. The zero-order valence-electron chi connectivity index (χ0n) is 18.1. The van der Waals surface area contributed by atoms with Crippen molar-refractivity contribution in [2.45, 2.75) is 51.6 Å². The maximum atomic E-state index is 13.3. The van der Waals surface area contributed by atoms with Crippen LogP contribution < -0.4 is 10.4 Å². The number of aryl methyl sites for hydroxylation is 1. The molecule has 3 rings (SSSR count). The van der Waals surface area contributed by atoms with Crippen LogP contribution in [-0.2, 0) is 10.9 Å². The average molecular weight is 491 g/mol. The number of rotatable bonds is 3. The summed E-state index contributed by atoms with van der Waals surface area (Å²) in [6, 6.07) is 4.02. The molecule has 2 N–H and O–H groups in total. The number of anilines is 1. The Morgan fingerprint density at radius 2 is 1.84 bits per heavy atom. The van der Waals surface area contributed by atoms with Crippen molar-refractivity contribution in [2.75, 3.05) is 12.1 Å². The number of fused-ring (bicyclic) bond motifs is 1.